The predicted molar refractivity (Wildman–Crippen MR) is 76.3 cm³/mol. The highest BCUT2D eigenvalue weighted by atomic mass is 32.2. The van der Waals surface area contributed by atoms with E-state index in [2.05, 4.69) is 10.1 Å². The van der Waals surface area contributed by atoms with Gasteiger partial charge in [-0.25, -0.2) is 4.79 Å². The summed E-state index contributed by atoms with van der Waals surface area (Å²) in [4.78, 5) is 33.8. The van der Waals surface area contributed by atoms with Crippen LogP contribution in [0, 0.1) is 5.92 Å². The Kier molecular flexibility index (Phi) is 8.98. The molecule has 20 heavy (non-hydrogen) atoms. The van der Waals surface area contributed by atoms with Gasteiger partial charge in [-0.05, 0) is 5.92 Å². The summed E-state index contributed by atoms with van der Waals surface area (Å²) in [6, 6.07) is -1.69. The summed E-state index contributed by atoms with van der Waals surface area (Å²) in [6.45, 7) is 3.75. The lowest BCUT2D eigenvalue weighted by atomic mass is 9.99. The van der Waals surface area contributed by atoms with E-state index in [4.69, 9.17) is 10.8 Å². The third-order valence-corrected chi connectivity index (χ3v) is 3.89. The Hall–Kier alpha value is -1.28. The molecule has 8 heteroatoms. The van der Waals surface area contributed by atoms with Crippen molar-refractivity contribution in [3.05, 3.63) is 0 Å². The summed E-state index contributed by atoms with van der Waals surface area (Å²) in [5, 5.41) is 11.2. The lowest BCUT2D eigenvalue weighted by Crippen LogP contribution is -2.46. The Morgan fingerprint density at radius 1 is 1.40 bits per heavy atom. The summed E-state index contributed by atoms with van der Waals surface area (Å²) in [5.74, 6) is -1.80. The Balaban J connectivity index is 4.26. The first-order valence-corrected chi connectivity index (χ1v) is 7.42. The van der Waals surface area contributed by atoms with Gasteiger partial charge in [0.05, 0.1) is 12.9 Å². The number of hydrogen-bond acceptors (Lipinski definition) is 6. The van der Waals surface area contributed by atoms with Crippen LogP contribution in [0.3, 0.4) is 0 Å². The van der Waals surface area contributed by atoms with Gasteiger partial charge in [0.15, 0.2) is 0 Å². The van der Waals surface area contributed by atoms with E-state index in [1.807, 2.05) is 13.8 Å². The number of amides is 1. The molecular formula is C12H22N2O5S. The maximum atomic E-state index is 11.7. The molecule has 0 spiro atoms. The molecule has 7 nitrogen and oxygen atoms in total. The van der Waals surface area contributed by atoms with Crippen LogP contribution in [-0.4, -0.2) is 53.7 Å². The number of nitrogens with one attached hydrogen (secondary N) is 1. The predicted octanol–water partition coefficient (Wildman–Crippen LogP) is -0.165. The fourth-order valence-corrected chi connectivity index (χ4v) is 2.14. The van der Waals surface area contributed by atoms with Crippen LogP contribution in [0.15, 0.2) is 0 Å². The third-order valence-electron chi connectivity index (χ3n) is 2.83. The standard InChI is InChI=1S/C12H22N2O5S/c1-4-7(2)10(12(18)19-3)14-9(15)6-20-5-8(13)11(16)17/h7-8,10H,4-6,13H2,1-3H3,(H,14,15)(H,16,17)/t7?,8-,10?/m0/s1. The number of esters is 1. The fraction of sp³-hybridized carbons (Fsp3) is 0.750. The van der Waals surface area contributed by atoms with Crippen molar-refractivity contribution in [2.24, 2.45) is 11.7 Å². The van der Waals surface area contributed by atoms with Crippen LogP contribution < -0.4 is 11.1 Å². The van der Waals surface area contributed by atoms with Gasteiger partial charge in [-0.1, -0.05) is 20.3 Å². The second kappa shape index (κ2) is 9.60. The summed E-state index contributed by atoms with van der Waals surface area (Å²) >= 11 is 1.11. The number of carbonyl (C=O) groups is 3. The number of carboxylic acids is 1. The molecule has 2 unspecified atom stereocenters. The van der Waals surface area contributed by atoms with Crippen LogP contribution >= 0.6 is 11.8 Å². The zero-order valence-electron chi connectivity index (χ0n) is 11.9. The Morgan fingerprint density at radius 2 is 2.00 bits per heavy atom. The van der Waals surface area contributed by atoms with Crippen LogP contribution in [0.2, 0.25) is 0 Å². The molecule has 0 fully saturated rings. The van der Waals surface area contributed by atoms with Crippen molar-refractivity contribution in [1.29, 1.82) is 0 Å². The second-order valence-electron chi connectivity index (χ2n) is 4.41. The highest BCUT2D eigenvalue weighted by Gasteiger charge is 2.26. The Morgan fingerprint density at radius 3 is 2.45 bits per heavy atom. The van der Waals surface area contributed by atoms with Gasteiger partial charge in [-0.3, -0.25) is 9.59 Å². The van der Waals surface area contributed by atoms with E-state index in [1.54, 1.807) is 0 Å². The number of thioether (sulfide) groups is 1. The Bertz CT molecular complexity index is 351. The molecule has 3 atom stereocenters. The number of carbonyl (C=O) groups excluding carboxylic acids is 2. The first-order chi connectivity index (χ1) is 9.33. The average molecular weight is 306 g/mol. The second-order valence-corrected chi connectivity index (χ2v) is 5.44. The monoisotopic (exact) mass is 306 g/mol. The first kappa shape index (κ1) is 18.7. The molecule has 0 heterocycles. The molecule has 1 amide bonds. The number of aliphatic carboxylic acids is 1. The van der Waals surface area contributed by atoms with Crippen molar-refractivity contribution in [2.75, 3.05) is 18.6 Å². The number of ether oxygens (including phenoxy) is 1. The maximum Gasteiger partial charge on any atom is 0.328 e. The normalized spacial score (nSPS) is 15.0. The van der Waals surface area contributed by atoms with Gasteiger partial charge < -0.3 is 20.9 Å². The molecule has 0 aromatic heterocycles. The van der Waals surface area contributed by atoms with Crippen molar-refractivity contribution < 1.29 is 24.2 Å². The highest BCUT2D eigenvalue weighted by molar-refractivity contribution is 8.00. The van der Waals surface area contributed by atoms with Crippen molar-refractivity contribution in [2.45, 2.75) is 32.4 Å². The van der Waals surface area contributed by atoms with E-state index < -0.39 is 24.0 Å². The SMILES string of the molecule is CCC(C)C(NC(=O)CSC[C@H](N)C(=O)O)C(=O)OC. The molecule has 0 rings (SSSR count). The average Bonchev–Trinajstić information content (AvgIpc) is 2.42. The zero-order chi connectivity index (χ0) is 15.7. The van der Waals surface area contributed by atoms with Crippen molar-refractivity contribution in [3.63, 3.8) is 0 Å². The minimum Gasteiger partial charge on any atom is -0.480 e. The summed E-state index contributed by atoms with van der Waals surface area (Å²) in [5.41, 5.74) is 5.32. The van der Waals surface area contributed by atoms with Crippen LogP contribution in [0.4, 0.5) is 0 Å². The van der Waals surface area contributed by atoms with Crippen LogP contribution in [0.25, 0.3) is 0 Å². The summed E-state index contributed by atoms with van der Waals surface area (Å²) in [7, 11) is 1.27. The molecule has 116 valence electrons. The quantitative estimate of drug-likeness (QED) is 0.506. The number of methoxy groups -OCH3 is 1. The molecule has 0 aliphatic heterocycles. The van der Waals surface area contributed by atoms with Gasteiger partial charge in [-0.15, -0.1) is 11.8 Å². The molecule has 0 radical (unpaired) electrons. The molecule has 4 N–H and O–H groups in total. The van der Waals surface area contributed by atoms with E-state index >= 15 is 0 Å². The molecule has 0 aliphatic rings. The molecular weight excluding hydrogens is 284 g/mol. The van der Waals surface area contributed by atoms with E-state index in [0.29, 0.717) is 0 Å². The topological polar surface area (TPSA) is 119 Å². The number of rotatable bonds is 9. The van der Waals surface area contributed by atoms with Crippen molar-refractivity contribution >= 4 is 29.6 Å². The maximum absolute atomic E-state index is 11.7. The summed E-state index contributed by atoms with van der Waals surface area (Å²) in [6.07, 6.45) is 0.719. The van der Waals surface area contributed by atoms with Crippen LogP contribution in [0.1, 0.15) is 20.3 Å². The van der Waals surface area contributed by atoms with E-state index in [0.717, 1.165) is 18.2 Å². The van der Waals surface area contributed by atoms with Gasteiger partial charge in [0, 0.05) is 5.75 Å². The Labute approximate surface area is 122 Å². The molecule has 0 aliphatic carbocycles. The van der Waals surface area contributed by atoms with E-state index in [-0.39, 0.29) is 23.3 Å². The molecule has 0 bridgehead atoms. The zero-order valence-corrected chi connectivity index (χ0v) is 12.7. The number of carboxylic acid groups (broad SMARTS) is 1. The fourth-order valence-electron chi connectivity index (χ4n) is 1.36. The lowest BCUT2D eigenvalue weighted by Gasteiger charge is -2.21. The van der Waals surface area contributed by atoms with Gasteiger partial charge in [0.1, 0.15) is 12.1 Å². The van der Waals surface area contributed by atoms with Crippen LogP contribution in [-0.2, 0) is 19.1 Å². The van der Waals surface area contributed by atoms with Crippen molar-refractivity contribution in [3.8, 4) is 0 Å². The third kappa shape index (κ3) is 6.76. The van der Waals surface area contributed by atoms with Gasteiger partial charge in [-0.2, -0.15) is 0 Å². The minimum absolute atomic E-state index is 0.0438. The van der Waals surface area contributed by atoms with Gasteiger partial charge >= 0.3 is 11.9 Å². The first-order valence-electron chi connectivity index (χ1n) is 6.26. The smallest absolute Gasteiger partial charge is 0.328 e. The number of hydrogen-bond donors (Lipinski definition) is 3. The number of nitrogens with two attached hydrogens (primary N) is 1. The molecule has 0 saturated heterocycles. The largest absolute Gasteiger partial charge is 0.480 e. The highest BCUT2D eigenvalue weighted by Crippen LogP contribution is 2.10. The van der Waals surface area contributed by atoms with Gasteiger partial charge in [0.25, 0.3) is 0 Å². The van der Waals surface area contributed by atoms with Crippen molar-refractivity contribution in [1.82, 2.24) is 5.32 Å². The molecule has 0 saturated carbocycles. The minimum atomic E-state index is -1.11. The molecule has 0 aromatic carbocycles. The lowest BCUT2D eigenvalue weighted by molar-refractivity contribution is -0.146. The van der Waals surface area contributed by atoms with Gasteiger partial charge in [0.2, 0.25) is 5.91 Å². The van der Waals surface area contributed by atoms with Crippen LogP contribution in [0.5, 0.6) is 0 Å². The summed E-state index contributed by atoms with van der Waals surface area (Å²) < 4.78 is 4.65. The van der Waals surface area contributed by atoms with E-state index in [1.165, 1.54) is 7.11 Å². The molecule has 0 aromatic rings. The van der Waals surface area contributed by atoms with E-state index in [9.17, 15) is 14.4 Å².